The molecule has 8 heteroatoms. The van der Waals surface area contributed by atoms with Crippen LogP contribution in [0.25, 0.3) is 22.3 Å². The smallest absolute Gasteiger partial charge is 0.273 e. The van der Waals surface area contributed by atoms with Crippen LogP contribution in [0.5, 0.6) is 11.5 Å². The standard InChI is InChI=1S/C22H19N5O3/c28-27(29)17-6-3-7-19(12-17)30-18-10-8-15(9-11-18)21-20-13-23-14-24-22(20)26(25-21)16-4-1-2-5-16/h3,6-14,16H,1-2,4-5H2. The number of nitro benzene ring substituents is 1. The van der Waals surface area contributed by atoms with Gasteiger partial charge in [-0.15, -0.1) is 0 Å². The average Bonchev–Trinajstić information content (AvgIpc) is 3.42. The fourth-order valence-electron chi connectivity index (χ4n) is 3.98. The molecule has 0 unspecified atom stereocenters. The molecule has 2 aromatic heterocycles. The van der Waals surface area contributed by atoms with Gasteiger partial charge in [0.1, 0.15) is 23.5 Å². The average molecular weight is 401 g/mol. The van der Waals surface area contributed by atoms with Gasteiger partial charge in [-0.3, -0.25) is 10.1 Å². The fourth-order valence-corrected chi connectivity index (χ4v) is 3.98. The summed E-state index contributed by atoms with van der Waals surface area (Å²) in [5, 5.41) is 16.8. The van der Waals surface area contributed by atoms with Crippen molar-refractivity contribution in [1.82, 2.24) is 19.7 Å². The van der Waals surface area contributed by atoms with E-state index < -0.39 is 4.92 Å². The molecule has 1 fully saturated rings. The minimum atomic E-state index is -0.441. The van der Waals surface area contributed by atoms with Crippen LogP contribution in [0.15, 0.2) is 61.1 Å². The Morgan fingerprint density at radius 2 is 1.87 bits per heavy atom. The zero-order valence-electron chi connectivity index (χ0n) is 16.1. The number of nitro groups is 1. The first-order valence-electron chi connectivity index (χ1n) is 9.90. The van der Waals surface area contributed by atoms with E-state index in [-0.39, 0.29) is 5.69 Å². The number of rotatable bonds is 5. The Morgan fingerprint density at radius 1 is 1.07 bits per heavy atom. The minimum absolute atomic E-state index is 0.00644. The summed E-state index contributed by atoms with van der Waals surface area (Å²) in [6.45, 7) is 0. The first-order chi connectivity index (χ1) is 14.7. The first kappa shape index (κ1) is 18.2. The highest BCUT2D eigenvalue weighted by atomic mass is 16.6. The van der Waals surface area contributed by atoms with Crippen molar-refractivity contribution in [1.29, 1.82) is 0 Å². The molecule has 8 nitrogen and oxygen atoms in total. The zero-order valence-corrected chi connectivity index (χ0v) is 16.1. The number of ether oxygens (including phenoxy) is 1. The van der Waals surface area contributed by atoms with Gasteiger partial charge in [0.15, 0.2) is 5.65 Å². The molecular formula is C22H19N5O3. The molecule has 2 aromatic carbocycles. The van der Waals surface area contributed by atoms with Gasteiger partial charge in [-0.2, -0.15) is 5.10 Å². The molecule has 0 aliphatic heterocycles. The molecule has 4 aromatic rings. The van der Waals surface area contributed by atoms with E-state index in [1.807, 2.05) is 35.1 Å². The van der Waals surface area contributed by atoms with Crippen LogP contribution in [0.1, 0.15) is 31.7 Å². The molecule has 0 radical (unpaired) electrons. The second-order valence-corrected chi connectivity index (χ2v) is 7.37. The summed E-state index contributed by atoms with van der Waals surface area (Å²) >= 11 is 0. The number of benzene rings is 2. The van der Waals surface area contributed by atoms with E-state index in [2.05, 4.69) is 9.97 Å². The summed E-state index contributed by atoms with van der Waals surface area (Å²) < 4.78 is 7.83. The first-order valence-corrected chi connectivity index (χ1v) is 9.90. The zero-order chi connectivity index (χ0) is 20.5. The van der Waals surface area contributed by atoms with Gasteiger partial charge < -0.3 is 4.74 Å². The summed E-state index contributed by atoms with van der Waals surface area (Å²) in [4.78, 5) is 19.2. The van der Waals surface area contributed by atoms with Gasteiger partial charge in [0.05, 0.1) is 22.4 Å². The van der Waals surface area contributed by atoms with Crippen LogP contribution in [0.2, 0.25) is 0 Å². The third kappa shape index (κ3) is 3.36. The number of aromatic nitrogens is 4. The molecule has 2 heterocycles. The summed E-state index contributed by atoms with van der Waals surface area (Å²) in [6.07, 6.45) is 8.05. The molecule has 150 valence electrons. The molecule has 30 heavy (non-hydrogen) atoms. The Labute approximate surface area is 172 Å². The van der Waals surface area contributed by atoms with Gasteiger partial charge in [0, 0.05) is 17.8 Å². The quantitative estimate of drug-likeness (QED) is 0.332. The second kappa shape index (κ2) is 7.55. The van der Waals surface area contributed by atoms with Crippen molar-refractivity contribution >= 4 is 16.7 Å². The lowest BCUT2D eigenvalue weighted by Gasteiger charge is -2.10. The van der Waals surface area contributed by atoms with E-state index in [1.165, 1.54) is 25.0 Å². The predicted octanol–water partition coefficient (Wildman–Crippen LogP) is 5.31. The fraction of sp³-hybridized carbons (Fsp3) is 0.227. The Kier molecular flexibility index (Phi) is 4.59. The second-order valence-electron chi connectivity index (χ2n) is 7.37. The molecule has 0 spiro atoms. The molecule has 0 bridgehead atoms. The van der Waals surface area contributed by atoms with Crippen molar-refractivity contribution in [2.45, 2.75) is 31.7 Å². The lowest BCUT2D eigenvalue weighted by atomic mass is 10.1. The van der Waals surface area contributed by atoms with Crippen LogP contribution in [0, 0.1) is 10.1 Å². The van der Waals surface area contributed by atoms with Crippen molar-refractivity contribution in [2.24, 2.45) is 0 Å². The molecule has 1 saturated carbocycles. The van der Waals surface area contributed by atoms with Crippen molar-refractivity contribution in [3.8, 4) is 22.8 Å². The van der Waals surface area contributed by atoms with Gasteiger partial charge in [0.2, 0.25) is 0 Å². The van der Waals surface area contributed by atoms with E-state index in [9.17, 15) is 10.1 Å². The topological polar surface area (TPSA) is 96.0 Å². The van der Waals surface area contributed by atoms with E-state index in [0.29, 0.717) is 17.5 Å². The van der Waals surface area contributed by atoms with E-state index in [4.69, 9.17) is 9.84 Å². The van der Waals surface area contributed by atoms with Crippen LogP contribution < -0.4 is 4.74 Å². The van der Waals surface area contributed by atoms with Crippen molar-refractivity contribution in [3.63, 3.8) is 0 Å². The highest BCUT2D eigenvalue weighted by molar-refractivity contribution is 5.90. The lowest BCUT2D eigenvalue weighted by Crippen LogP contribution is -2.07. The van der Waals surface area contributed by atoms with Crippen LogP contribution in [-0.2, 0) is 0 Å². The van der Waals surface area contributed by atoms with Gasteiger partial charge in [-0.05, 0) is 43.2 Å². The van der Waals surface area contributed by atoms with E-state index in [0.717, 1.165) is 35.1 Å². The van der Waals surface area contributed by atoms with E-state index in [1.54, 1.807) is 18.5 Å². The van der Waals surface area contributed by atoms with Crippen LogP contribution in [0.3, 0.4) is 0 Å². The Morgan fingerprint density at radius 3 is 2.63 bits per heavy atom. The maximum Gasteiger partial charge on any atom is 0.273 e. The van der Waals surface area contributed by atoms with Crippen molar-refractivity contribution in [2.75, 3.05) is 0 Å². The highest BCUT2D eigenvalue weighted by Gasteiger charge is 2.23. The lowest BCUT2D eigenvalue weighted by molar-refractivity contribution is -0.384. The number of nitrogens with zero attached hydrogens (tertiary/aromatic N) is 5. The Balaban J connectivity index is 1.45. The van der Waals surface area contributed by atoms with Crippen LogP contribution in [-0.4, -0.2) is 24.7 Å². The Bertz CT molecular complexity index is 1210. The summed E-state index contributed by atoms with van der Waals surface area (Å²) in [7, 11) is 0. The third-order valence-corrected chi connectivity index (χ3v) is 5.43. The normalized spacial score (nSPS) is 14.3. The number of fused-ring (bicyclic) bond motifs is 1. The largest absolute Gasteiger partial charge is 0.457 e. The number of hydrogen-bond donors (Lipinski definition) is 0. The summed E-state index contributed by atoms with van der Waals surface area (Å²) in [6, 6.07) is 14.0. The van der Waals surface area contributed by atoms with Crippen LogP contribution in [0.4, 0.5) is 5.69 Å². The molecule has 0 amide bonds. The molecular weight excluding hydrogens is 382 g/mol. The molecule has 1 aliphatic rings. The number of hydrogen-bond acceptors (Lipinski definition) is 6. The molecule has 5 rings (SSSR count). The molecule has 0 N–H and O–H groups in total. The molecule has 0 saturated heterocycles. The Hall–Kier alpha value is -3.81. The van der Waals surface area contributed by atoms with E-state index >= 15 is 0 Å². The predicted molar refractivity (Wildman–Crippen MR) is 111 cm³/mol. The highest BCUT2D eigenvalue weighted by Crippen LogP contribution is 2.35. The number of non-ortho nitro benzene ring substituents is 1. The van der Waals surface area contributed by atoms with Crippen molar-refractivity contribution < 1.29 is 9.66 Å². The minimum Gasteiger partial charge on any atom is -0.457 e. The van der Waals surface area contributed by atoms with Gasteiger partial charge in [-0.25, -0.2) is 14.6 Å². The monoisotopic (exact) mass is 401 g/mol. The maximum atomic E-state index is 10.9. The van der Waals surface area contributed by atoms with Gasteiger partial charge in [0.25, 0.3) is 5.69 Å². The van der Waals surface area contributed by atoms with Crippen LogP contribution >= 0.6 is 0 Å². The van der Waals surface area contributed by atoms with Crippen molar-refractivity contribution in [3.05, 3.63) is 71.2 Å². The maximum absolute atomic E-state index is 10.9. The molecule has 1 aliphatic carbocycles. The third-order valence-electron chi connectivity index (χ3n) is 5.43. The summed E-state index contributed by atoms with van der Waals surface area (Å²) in [5.41, 5.74) is 2.65. The van der Waals surface area contributed by atoms with Gasteiger partial charge in [-0.1, -0.05) is 18.9 Å². The molecule has 0 atom stereocenters. The van der Waals surface area contributed by atoms with Gasteiger partial charge >= 0.3 is 0 Å². The SMILES string of the molecule is O=[N+]([O-])c1cccc(Oc2ccc(-c3nn(C4CCCC4)c4ncncc34)cc2)c1. The summed E-state index contributed by atoms with van der Waals surface area (Å²) in [5.74, 6) is 1.01.